The summed E-state index contributed by atoms with van der Waals surface area (Å²) in [6.07, 6.45) is 5.71. The summed E-state index contributed by atoms with van der Waals surface area (Å²) >= 11 is 3.34. The second-order valence-electron chi connectivity index (χ2n) is 8.73. The van der Waals surface area contributed by atoms with Crippen molar-refractivity contribution in [2.24, 2.45) is 0 Å². The number of hydrogen-bond acceptors (Lipinski definition) is 4. The summed E-state index contributed by atoms with van der Waals surface area (Å²) in [5.41, 5.74) is 1.43. The van der Waals surface area contributed by atoms with E-state index >= 15 is 0 Å². The first-order chi connectivity index (χ1) is 16.1. The number of halogens is 1. The molecule has 2 aromatic rings. The highest BCUT2D eigenvalue weighted by atomic mass is 79.9. The number of nitrogens with one attached hydrogen (secondary N) is 1. The van der Waals surface area contributed by atoms with E-state index in [0.717, 1.165) is 46.3 Å². The molecule has 0 heterocycles. The molecule has 34 heavy (non-hydrogen) atoms. The van der Waals surface area contributed by atoms with Gasteiger partial charge in [-0.2, -0.15) is 0 Å². The van der Waals surface area contributed by atoms with Crippen molar-refractivity contribution >= 4 is 43.5 Å². The van der Waals surface area contributed by atoms with Gasteiger partial charge in [-0.15, -0.1) is 0 Å². The molecule has 0 radical (unpaired) electrons. The van der Waals surface area contributed by atoms with Crippen molar-refractivity contribution in [2.45, 2.75) is 51.1 Å². The number of rotatable bonds is 10. The zero-order valence-corrected chi connectivity index (χ0v) is 22.0. The van der Waals surface area contributed by atoms with Crippen LogP contribution in [0, 0.1) is 0 Å². The SMILES string of the molecule is CC(C(=O)NC1CCCC1)N(CCc1ccccc1)C(=O)CN(c1ccc(Br)cc1)S(C)(=O)=O. The minimum atomic E-state index is -3.72. The van der Waals surface area contributed by atoms with Gasteiger partial charge in [0.1, 0.15) is 12.6 Å². The summed E-state index contributed by atoms with van der Waals surface area (Å²) in [5.74, 6) is -0.624. The molecule has 1 atom stereocenters. The molecule has 2 aromatic carbocycles. The molecule has 1 N–H and O–H groups in total. The number of carbonyl (C=O) groups is 2. The Hall–Kier alpha value is -2.39. The van der Waals surface area contributed by atoms with Gasteiger partial charge in [0, 0.05) is 17.1 Å². The third kappa shape index (κ3) is 7.30. The lowest BCUT2D eigenvalue weighted by molar-refractivity contribution is -0.139. The molecule has 0 saturated heterocycles. The van der Waals surface area contributed by atoms with Crippen LogP contribution in [0.15, 0.2) is 59.1 Å². The Balaban J connectivity index is 1.81. The maximum absolute atomic E-state index is 13.5. The Morgan fingerprint density at radius 3 is 2.26 bits per heavy atom. The molecule has 1 unspecified atom stereocenters. The van der Waals surface area contributed by atoms with Gasteiger partial charge in [0.2, 0.25) is 21.8 Å². The monoisotopic (exact) mass is 549 g/mol. The second-order valence-corrected chi connectivity index (χ2v) is 11.6. The summed E-state index contributed by atoms with van der Waals surface area (Å²) in [5, 5.41) is 3.06. The van der Waals surface area contributed by atoms with Crippen molar-refractivity contribution in [3.63, 3.8) is 0 Å². The maximum atomic E-state index is 13.5. The number of nitrogens with zero attached hydrogens (tertiary/aromatic N) is 2. The summed E-state index contributed by atoms with van der Waals surface area (Å²) in [4.78, 5) is 28.0. The van der Waals surface area contributed by atoms with Gasteiger partial charge in [-0.1, -0.05) is 59.1 Å². The van der Waals surface area contributed by atoms with Gasteiger partial charge in [-0.25, -0.2) is 8.42 Å². The van der Waals surface area contributed by atoms with E-state index in [0.29, 0.717) is 18.7 Å². The first kappa shape index (κ1) is 26.2. The van der Waals surface area contributed by atoms with Crippen molar-refractivity contribution < 1.29 is 18.0 Å². The number of carbonyl (C=O) groups excluding carboxylic acids is 2. The van der Waals surface area contributed by atoms with E-state index < -0.39 is 22.0 Å². The standard InChI is InChI=1S/C25H32BrN3O4S/c1-19(25(31)27-22-10-6-7-11-22)28(17-16-20-8-4-3-5-9-20)24(30)18-29(34(2,32)33)23-14-12-21(26)13-15-23/h3-5,8-9,12-15,19,22H,6-7,10-11,16-18H2,1-2H3,(H,27,31). The molecule has 1 saturated carbocycles. The van der Waals surface area contributed by atoms with E-state index in [2.05, 4.69) is 21.2 Å². The van der Waals surface area contributed by atoms with Crippen LogP contribution in [-0.4, -0.2) is 56.6 Å². The Morgan fingerprint density at radius 1 is 1.06 bits per heavy atom. The quantitative estimate of drug-likeness (QED) is 0.489. The minimum Gasteiger partial charge on any atom is -0.352 e. The van der Waals surface area contributed by atoms with Crippen molar-refractivity contribution in [2.75, 3.05) is 23.7 Å². The van der Waals surface area contributed by atoms with Crippen LogP contribution in [0.3, 0.4) is 0 Å². The Bertz CT molecular complexity index is 1070. The topological polar surface area (TPSA) is 86.8 Å². The largest absolute Gasteiger partial charge is 0.352 e. The molecule has 2 amide bonds. The summed E-state index contributed by atoms with van der Waals surface area (Å²) in [7, 11) is -3.72. The molecule has 1 aliphatic rings. The highest BCUT2D eigenvalue weighted by Gasteiger charge is 2.31. The Morgan fingerprint density at radius 2 is 1.68 bits per heavy atom. The number of hydrogen-bond donors (Lipinski definition) is 1. The van der Waals surface area contributed by atoms with Crippen LogP contribution in [0.1, 0.15) is 38.2 Å². The number of anilines is 1. The van der Waals surface area contributed by atoms with Crippen molar-refractivity contribution in [1.82, 2.24) is 10.2 Å². The molecule has 0 spiro atoms. The van der Waals surface area contributed by atoms with Crippen LogP contribution in [-0.2, 0) is 26.0 Å². The predicted molar refractivity (Wildman–Crippen MR) is 138 cm³/mol. The van der Waals surface area contributed by atoms with E-state index in [1.54, 1.807) is 31.2 Å². The van der Waals surface area contributed by atoms with Gasteiger partial charge in [-0.05, 0) is 56.0 Å². The third-order valence-corrected chi connectivity index (χ3v) is 7.82. The molecule has 0 bridgehead atoms. The van der Waals surface area contributed by atoms with Gasteiger partial charge in [0.25, 0.3) is 0 Å². The van der Waals surface area contributed by atoms with E-state index in [1.165, 1.54) is 4.90 Å². The molecule has 0 aliphatic heterocycles. The lowest BCUT2D eigenvalue weighted by Crippen LogP contribution is -2.53. The smallest absolute Gasteiger partial charge is 0.244 e. The molecule has 3 rings (SSSR count). The molecule has 1 aliphatic carbocycles. The van der Waals surface area contributed by atoms with Crippen LogP contribution in [0.5, 0.6) is 0 Å². The van der Waals surface area contributed by atoms with Crippen molar-refractivity contribution in [3.05, 3.63) is 64.6 Å². The normalized spacial score (nSPS) is 15.0. The zero-order valence-electron chi connectivity index (χ0n) is 19.6. The van der Waals surface area contributed by atoms with Gasteiger partial charge < -0.3 is 10.2 Å². The predicted octanol–water partition coefficient (Wildman–Crippen LogP) is 3.73. The van der Waals surface area contributed by atoms with Crippen LogP contribution in [0.25, 0.3) is 0 Å². The lowest BCUT2D eigenvalue weighted by Gasteiger charge is -2.32. The second kappa shape index (κ2) is 11.8. The van der Waals surface area contributed by atoms with Crippen molar-refractivity contribution in [1.29, 1.82) is 0 Å². The van der Waals surface area contributed by atoms with Crippen LogP contribution >= 0.6 is 15.9 Å². The highest BCUT2D eigenvalue weighted by Crippen LogP contribution is 2.22. The molecule has 7 nitrogen and oxygen atoms in total. The van der Waals surface area contributed by atoms with E-state index in [4.69, 9.17) is 0 Å². The highest BCUT2D eigenvalue weighted by molar-refractivity contribution is 9.10. The number of amides is 2. The summed E-state index contributed by atoms with van der Waals surface area (Å²) < 4.78 is 27.0. The van der Waals surface area contributed by atoms with Crippen LogP contribution in [0.4, 0.5) is 5.69 Å². The molecule has 1 fully saturated rings. The van der Waals surface area contributed by atoms with E-state index in [-0.39, 0.29) is 18.5 Å². The summed E-state index contributed by atoms with van der Waals surface area (Å²) in [6, 6.07) is 15.9. The zero-order chi connectivity index (χ0) is 24.7. The van der Waals surface area contributed by atoms with Gasteiger partial charge in [0.15, 0.2) is 0 Å². The Labute approximate surface area is 210 Å². The number of benzene rings is 2. The average molecular weight is 551 g/mol. The molecular formula is C25H32BrN3O4S. The van der Waals surface area contributed by atoms with Gasteiger partial charge in [0.05, 0.1) is 11.9 Å². The van der Waals surface area contributed by atoms with Crippen LogP contribution in [0.2, 0.25) is 0 Å². The fraction of sp³-hybridized carbons (Fsp3) is 0.440. The number of sulfonamides is 1. The lowest BCUT2D eigenvalue weighted by atomic mass is 10.1. The van der Waals surface area contributed by atoms with E-state index in [1.807, 2.05) is 30.3 Å². The maximum Gasteiger partial charge on any atom is 0.244 e. The van der Waals surface area contributed by atoms with Crippen LogP contribution < -0.4 is 9.62 Å². The van der Waals surface area contributed by atoms with E-state index in [9.17, 15) is 18.0 Å². The van der Waals surface area contributed by atoms with Gasteiger partial charge in [-0.3, -0.25) is 13.9 Å². The Kier molecular flexibility index (Phi) is 9.13. The first-order valence-corrected chi connectivity index (χ1v) is 14.2. The molecule has 9 heteroatoms. The molecular weight excluding hydrogens is 518 g/mol. The van der Waals surface area contributed by atoms with Crippen molar-refractivity contribution in [3.8, 4) is 0 Å². The average Bonchev–Trinajstić information content (AvgIpc) is 3.31. The molecule has 184 valence electrons. The first-order valence-electron chi connectivity index (χ1n) is 11.5. The fourth-order valence-corrected chi connectivity index (χ4v) is 5.30. The molecule has 0 aromatic heterocycles. The minimum absolute atomic E-state index is 0.135. The summed E-state index contributed by atoms with van der Waals surface area (Å²) in [6.45, 7) is 1.63. The third-order valence-electron chi connectivity index (χ3n) is 6.15. The fourth-order valence-electron chi connectivity index (χ4n) is 4.18. The van der Waals surface area contributed by atoms with Gasteiger partial charge >= 0.3 is 0 Å².